The predicted molar refractivity (Wildman–Crippen MR) is 37.8 cm³/mol. The molecule has 1 aromatic rings. The first-order valence-corrected chi connectivity index (χ1v) is 2.94. The van der Waals surface area contributed by atoms with Crippen LogP contribution in [0.15, 0.2) is 6.20 Å². The first-order valence-electron chi connectivity index (χ1n) is 2.94. The van der Waals surface area contributed by atoms with E-state index in [1.807, 2.05) is 13.8 Å². The summed E-state index contributed by atoms with van der Waals surface area (Å²) in [7, 11) is 0. The van der Waals surface area contributed by atoms with Gasteiger partial charge in [-0.1, -0.05) is 0 Å². The maximum Gasteiger partial charge on any atom is 1.00 e. The number of aromatic nitrogens is 2. The van der Waals surface area contributed by atoms with Gasteiger partial charge in [-0.25, -0.2) is 4.79 Å². The van der Waals surface area contributed by atoms with Gasteiger partial charge in [0.05, 0.1) is 5.69 Å². The van der Waals surface area contributed by atoms with Gasteiger partial charge in [0.1, 0.15) is 0 Å². The van der Waals surface area contributed by atoms with Gasteiger partial charge in [0.25, 0.3) is 0 Å². The molecule has 56 valence electrons. The normalized spacial score (nSPS) is 8.91. The Morgan fingerprint density at radius 2 is 2.27 bits per heavy atom. The molecule has 5 heteroatoms. The summed E-state index contributed by atoms with van der Waals surface area (Å²) in [6.45, 7) is 3.70. The van der Waals surface area contributed by atoms with Crippen molar-refractivity contribution >= 4 is 6.03 Å². The van der Waals surface area contributed by atoms with Gasteiger partial charge in [0.2, 0.25) is 0 Å². The minimum absolute atomic E-state index is 0. The van der Waals surface area contributed by atoms with Crippen LogP contribution in [-0.2, 0) is 0 Å². The Morgan fingerprint density at radius 3 is 2.45 bits per heavy atom. The van der Waals surface area contributed by atoms with Gasteiger partial charge < -0.3 is 7.16 Å². The summed E-state index contributed by atoms with van der Waals surface area (Å²) in [5.41, 5.74) is 6.76. The Hall–Kier alpha value is -0.320. The molecule has 0 aliphatic rings. The monoisotopic (exact) mass is 163 g/mol. The SMILES string of the molecule is Cc1cn(C(N)=O)nc1C.[H-].[Na+]. The second-order valence-corrected chi connectivity index (χ2v) is 2.18. The van der Waals surface area contributed by atoms with Gasteiger partial charge in [-0.3, -0.25) is 0 Å². The average molecular weight is 163 g/mol. The summed E-state index contributed by atoms with van der Waals surface area (Å²) in [6.07, 6.45) is 1.61. The zero-order chi connectivity index (χ0) is 7.72. The Labute approximate surface area is 88.5 Å². The van der Waals surface area contributed by atoms with E-state index in [2.05, 4.69) is 5.10 Å². The fourth-order valence-corrected chi connectivity index (χ4v) is 0.659. The molecule has 1 aromatic heterocycles. The minimum Gasteiger partial charge on any atom is -1.00 e. The molecular formula is C6H10N3NaO. The molecule has 1 amide bonds. The summed E-state index contributed by atoms with van der Waals surface area (Å²) in [5.74, 6) is 0. The molecule has 0 aliphatic carbocycles. The fraction of sp³-hybridized carbons (Fsp3) is 0.333. The van der Waals surface area contributed by atoms with Crippen molar-refractivity contribution in [2.75, 3.05) is 0 Å². The summed E-state index contributed by atoms with van der Waals surface area (Å²) in [5, 5.41) is 3.85. The molecule has 1 heterocycles. The van der Waals surface area contributed by atoms with Crippen molar-refractivity contribution in [1.29, 1.82) is 0 Å². The van der Waals surface area contributed by atoms with Gasteiger partial charge in [0.15, 0.2) is 0 Å². The second-order valence-electron chi connectivity index (χ2n) is 2.18. The van der Waals surface area contributed by atoms with Crippen molar-refractivity contribution in [1.82, 2.24) is 9.78 Å². The molecule has 0 bridgehead atoms. The van der Waals surface area contributed by atoms with E-state index in [4.69, 9.17) is 5.73 Å². The maximum atomic E-state index is 10.5. The minimum atomic E-state index is -0.545. The molecule has 0 fully saturated rings. The van der Waals surface area contributed by atoms with Crippen LogP contribution >= 0.6 is 0 Å². The van der Waals surface area contributed by atoms with Crippen molar-refractivity contribution in [3.63, 3.8) is 0 Å². The number of hydrogen-bond donors (Lipinski definition) is 1. The molecule has 0 saturated heterocycles. The molecule has 0 aliphatic heterocycles. The van der Waals surface area contributed by atoms with Crippen molar-refractivity contribution in [3.05, 3.63) is 17.5 Å². The Bertz CT molecular complexity index is 254. The largest absolute Gasteiger partial charge is 1.00 e. The molecule has 0 unspecified atom stereocenters. The number of rotatable bonds is 0. The van der Waals surface area contributed by atoms with Gasteiger partial charge >= 0.3 is 35.6 Å². The zero-order valence-corrected chi connectivity index (χ0v) is 8.96. The number of aryl methyl sites for hydroxylation is 2. The van der Waals surface area contributed by atoms with E-state index in [-0.39, 0.29) is 31.0 Å². The molecule has 0 saturated carbocycles. The van der Waals surface area contributed by atoms with Crippen LogP contribution in [0.1, 0.15) is 12.7 Å². The van der Waals surface area contributed by atoms with E-state index in [0.29, 0.717) is 0 Å². The number of nitrogens with zero attached hydrogens (tertiary/aromatic N) is 2. The third kappa shape index (κ3) is 2.32. The number of carbonyl (C=O) groups is 1. The molecule has 0 spiro atoms. The topological polar surface area (TPSA) is 60.9 Å². The Morgan fingerprint density at radius 1 is 1.73 bits per heavy atom. The predicted octanol–water partition coefficient (Wildman–Crippen LogP) is -2.46. The Balaban J connectivity index is 0. The summed E-state index contributed by atoms with van der Waals surface area (Å²) in [6, 6.07) is -0.545. The summed E-state index contributed by atoms with van der Waals surface area (Å²) in [4.78, 5) is 10.5. The van der Waals surface area contributed by atoms with E-state index >= 15 is 0 Å². The van der Waals surface area contributed by atoms with Crippen LogP contribution in [0.4, 0.5) is 4.79 Å². The standard InChI is InChI=1S/C6H9N3O.Na.H/c1-4-3-9(6(7)10)8-5(4)2;;/h3H,1-2H3,(H2,7,10);;/q;+1;-1. The van der Waals surface area contributed by atoms with Crippen LogP contribution in [0.5, 0.6) is 0 Å². The fourth-order valence-electron chi connectivity index (χ4n) is 0.659. The van der Waals surface area contributed by atoms with Crippen molar-refractivity contribution in [3.8, 4) is 0 Å². The number of carbonyl (C=O) groups excluding carboxylic acids is 1. The quantitative estimate of drug-likeness (QED) is 0.431. The van der Waals surface area contributed by atoms with Gasteiger partial charge in [0, 0.05) is 6.20 Å². The van der Waals surface area contributed by atoms with Crippen molar-refractivity contribution in [2.24, 2.45) is 5.73 Å². The van der Waals surface area contributed by atoms with E-state index in [9.17, 15) is 4.79 Å². The number of amides is 1. The molecule has 0 atom stereocenters. The van der Waals surface area contributed by atoms with Crippen LogP contribution in [0.2, 0.25) is 0 Å². The van der Waals surface area contributed by atoms with Gasteiger partial charge in [-0.15, -0.1) is 0 Å². The molecule has 11 heavy (non-hydrogen) atoms. The van der Waals surface area contributed by atoms with E-state index in [0.717, 1.165) is 15.9 Å². The van der Waals surface area contributed by atoms with Crippen LogP contribution < -0.4 is 35.3 Å². The summed E-state index contributed by atoms with van der Waals surface area (Å²) >= 11 is 0. The van der Waals surface area contributed by atoms with E-state index < -0.39 is 6.03 Å². The molecule has 4 nitrogen and oxygen atoms in total. The van der Waals surface area contributed by atoms with Crippen molar-refractivity contribution < 1.29 is 35.8 Å². The first kappa shape index (κ1) is 10.7. The van der Waals surface area contributed by atoms with Gasteiger partial charge in [-0.05, 0) is 19.4 Å². The zero-order valence-electron chi connectivity index (χ0n) is 7.96. The van der Waals surface area contributed by atoms with E-state index in [1.54, 1.807) is 6.20 Å². The third-order valence-electron chi connectivity index (χ3n) is 1.37. The van der Waals surface area contributed by atoms with Crippen LogP contribution in [0, 0.1) is 13.8 Å². The van der Waals surface area contributed by atoms with Crippen molar-refractivity contribution in [2.45, 2.75) is 13.8 Å². The maximum absolute atomic E-state index is 10.5. The number of primary amides is 1. The van der Waals surface area contributed by atoms with E-state index in [1.165, 1.54) is 0 Å². The number of hydrogen-bond acceptors (Lipinski definition) is 2. The third-order valence-corrected chi connectivity index (χ3v) is 1.37. The first-order chi connectivity index (χ1) is 4.61. The van der Waals surface area contributed by atoms with Crippen LogP contribution in [0.25, 0.3) is 0 Å². The molecule has 1 rings (SSSR count). The number of nitrogens with two attached hydrogens (primary N) is 1. The smallest absolute Gasteiger partial charge is 1.00 e. The van der Waals surface area contributed by atoms with Crippen LogP contribution in [0.3, 0.4) is 0 Å². The van der Waals surface area contributed by atoms with Gasteiger partial charge in [-0.2, -0.15) is 9.78 Å². The second kappa shape index (κ2) is 3.90. The molecule has 0 radical (unpaired) electrons. The Kier molecular flexibility index (Phi) is 3.78. The molecular weight excluding hydrogens is 153 g/mol. The molecule has 0 aromatic carbocycles. The van der Waals surface area contributed by atoms with Crippen LogP contribution in [-0.4, -0.2) is 15.8 Å². The average Bonchev–Trinajstić information content (AvgIpc) is 2.13. The molecule has 2 N–H and O–H groups in total. The summed E-state index contributed by atoms with van der Waals surface area (Å²) < 4.78 is 1.13.